The molecule has 2 rings (SSSR count). The number of ether oxygens (including phenoxy) is 1. The second kappa shape index (κ2) is 9.34. The number of anilines is 1. The predicted molar refractivity (Wildman–Crippen MR) is 91.0 cm³/mol. The zero-order valence-corrected chi connectivity index (χ0v) is 14.5. The third-order valence-electron chi connectivity index (χ3n) is 4.68. The predicted octanol–water partition coefficient (Wildman–Crippen LogP) is 3.48. The van der Waals surface area contributed by atoms with Crippen LogP contribution in [-0.4, -0.2) is 35.2 Å². The molecule has 6 nitrogen and oxygen atoms in total. The van der Waals surface area contributed by atoms with Crippen molar-refractivity contribution in [2.45, 2.75) is 45.4 Å². The molecular weight excluding hydrogens is 327 g/mol. The summed E-state index contributed by atoms with van der Waals surface area (Å²) in [6, 6.07) is 2.27. The molecule has 0 atom stereocenters. The summed E-state index contributed by atoms with van der Waals surface area (Å²) < 4.78 is 18.2. The minimum Gasteiger partial charge on any atom is -0.478 e. The van der Waals surface area contributed by atoms with Crippen LogP contribution < -0.4 is 5.32 Å². The number of pyridine rings is 1. The highest BCUT2D eigenvalue weighted by atomic mass is 19.1. The van der Waals surface area contributed by atoms with Crippen molar-refractivity contribution in [2.24, 2.45) is 11.8 Å². The molecule has 1 aliphatic rings. The first kappa shape index (κ1) is 19.1. The van der Waals surface area contributed by atoms with Crippen LogP contribution in [0.25, 0.3) is 0 Å². The Balaban J connectivity index is 1.76. The van der Waals surface area contributed by atoms with Gasteiger partial charge in [-0.2, -0.15) is 4.39 Å². The fraction of sp³-hybridized carbons (Fsp3) is 0.611. The summed E-state index contributed by atoms with van der Waals surface area (Å²) in [7, 11) is 0. The largest absolute Gasteiger partial charge is 0.478 e. The van der Waals surface area contributed by atoms with Gasteiger partial charge in [-0.25, -0.2) is 9.78 Å². The van der Waals surface area contributed by atoms with Gasteiger partial charge < -0.3 is 15.2 Å². The summed E-state index contributed by atoms with van der Waals surface area (Å²) in [4.78, 5) is 26.2. The Morgan fingerprint density at radius 1 is 1.28 bits per heavy atom. The summed E-state index contributed by atoms with van der Waals surface area (Å²) in [5.74, 6) is -0.956. The summed E-state index contributed by atoms with van der Waals surface area (Å²) in [6.45, 7) is 2.80. The van der Waals surface area contributed by atoms with Gasteiger partial charge in [0.15, 0.2) is 0 Å². The van der Waals surface area contributed by atoms with Gasteiger partial charge in [-0.1, -0.05) is 12.8 Å². The molecule has 0 bridgehead atoms. The van der Waals surface area contributed by atoms with E-state index in [0.29, 0.717) is 31.4 Å². The number of halogens is 1. The number of rotatable bonds is 8. The van der Waals surface area contributed by atoms with E-state index in [1.807, 2.05) is 0 Å². The summed E-state index contributed by atoms with van der Waals surface area (Å²) in [5, 5.41) is 12.1. The Bertz CT molecular complexity index is 601. The molecule has 0 radical (unpaired) electrons. The van der Waals surface area contributed by atoms with Gasteiger partial charge in [0, 0.05) is 13.0 Å². The van der Waals surface area contributed by atoms with Crippen LogP contribution in [0.3, 0.4) is 0 Å². The van der Waals surface area contributed by atoms with Crippen LogP contribution in [0.4, 0.5) is 10.2 Å². The Hall–Kier alpha value is -2.18. The van der Waals surface area contributed by atoms with Gasteiger partial charge in [0.05, 0.1) is 6.61 Å². The van der Waals surface area contributed by atoms with Crippen molar-refractivity contribution in [2.75, 3.05) is 18.5 Å². The van der Waals surface area contributed by atoms with Crippen molar-refractivity contribution in [3.8, 4) is 0 Å². The molecule has 0 saturated heterocycles. The lowest BCUT2D eigenvalue weighted by Gasteiger charge is -2.28. The fourth-order valence-electron chi connectivity index (χ4n) is 3.26. The molecule has 138 valence electrons. The average Bonchev–Trinajstić information content (AvgIpc) is 2.59. The highest BCUT2D eigenvalue weighted by Gasteiger charge is 2.22. The van der Waals surface area contributed by atoms with Gasteiger partial charge in [-0.15, -0.1) is 0 Å². The SMILES string of the molecule is CCOC(=O)CCC1CCC(CNc2nc(F)ccc2C(=O)O)CC1. The second-order valence-corrected chi connectivity index (χ2v) is 6.45. The van der Waals surface area contributed by atoms with Crippen molar-refractivity contribution in [3.05, 3.63) is 23.6 Å². The summed E-state index contributed by atoms with van der Waals surface area (Å²) in [6.07, 6.45) is 5.39. The third-order valence-corrected chi connectivity index (χ3v) is 4.68. The maximum absolute atomic E-state index is 13.3. The highest BCUT2D eigenvalue weighted by molar-refractivity contribution is 5.92. The number of esters is 1. The average molecular weight is 352 g/mol. The first-order valence-corrected chi connectivity index (χ1v) is 8.79. The van der Waals surface area contributed by atoms with E-state index < -0.39 is 11.9 Å². The Labute approximate surface area is 146 Å². The van der Waals surface area contributed by atoms with Crippen LogP contribution in [0.2, 0.25) is 0 Å². The molecule has 1 aromatic heterocycles. The van der Waals surface area contributed by atoms with Crippen molar-refractivity contribution in [1.82, 2.24) is 4.98 Å². The van der Waals surface area contributed by atoms with Gasteiger partial charge in [0.1, 0.15) is 11.4 Å². The van der Waals surface area contributed by atoms with Crippen molar-refractivity contribution in [3.63, 3.8) is 0 Å². The summed E-state index contributed by atoms with van der Waals surface area (Å²) >= 11 is 0. The van der Waals surface area contributed by atoms with Crippen LogP contribution in [0.5, 0.6) is 0 Å². The molecule has 0 amide bonds. The molecule has 0 unspecified atom stereocenters. The van der Waals surface area contributed by atoms with Gasteiger partial charge in [0.2, 0.25) is 5.95 Å². The van der Waals surface area contributed by atoms with Gasteiger partial charge in [0.25, 0.3) is 0 Å². The van der Waals surface area contributed by atoms with Gasteiger partial charge in [-0.05, 0) is 50.2 Å². The number of carboxylic acids is 1. The van der Waals surface area contributed by atoms with E-state index in [1.54, 1.807) is 6.92 Å². The number of nitrogens with one attached hydrogen (secondary N) is 1. The number of aromatic nitrogens is 1. The Kier molecular flexibility index (Phi) is 7.16. The van der Waals surface area contributed by atoms with Crippen molar-refractivity contribution in [1.29, 1.82) is 0 Å². The number of nitrogens with zero attached hydrogens (tertiary/aromatic N) is 1. The first-order valence-electron chi connectivity index (χ1n) is 8.79. The number of carboxylic acid groups (broad SMARTS) is 1. The number of aromatic carboxylic acids is 1. The molecule has 25 heavy (non-hydrogen) atoms. The quantitative estimate of drug-likeness (QED) is 0.550. The second-order valence-electron chi connectivity index (χ2n) is 6.45. The molecule has 0 aliphatic heterocycles. The fourth-order valence-corrected chi connectivity index (χ4v) is 3.26. The number of carbonyl (C=O) groups is 2. The zero-order valence-electron chi connectivity index (χ0n) is 14.5. The van der Waals surface area contributed by atoms with Crippen LogP contribution in [-0.2, 0) is 9.53 Å². The van der Waals surface area contributed by atoms with Crippen LogP contribution in [0, 0.1) is 17.8 Å². The van der Waals surface area contributed by atoms with Crippen molar-refractivity contribution >= 4 is 17.8 Å². The smallest absolute Gasteiger partial charge is 0.339 e. The third kappa shape index (κ3) is 5.99. The van der Waals surface area contributed by atoms with Gasteiger partial charge >= 0.3 is 11.9 Å². The maximum atomic E-state index is 13.3. The Morgan fingerprint density at radius 2 is 1.96 bits per heavy atom. The number of hydrogen-bond donors (Lipinski definition) is 2. The minimum atomic E-state index is -1.13. The number of hydrogen-bond acceptors (Lipinski definition) is 5. The molecular formula is C18H25FN2O4. The lowest BCUT2D eigenvalue weighted by Crippen LogP contribution is -2.23. The van der Waals surface area contributed by atoms with E-state index in [4.69, 9.17) is 9.84 Å². The molecule has 2 N–H and O–H groups in total. The van der Waals surface area contributed by atoms with Crippen LogP contribution >= 0.6 is 0 Å². The maximum Gasteiger partial charge on any atom is 0.339 e. The molecule has 0 aromatic carbocycles. The summed E-state index contributed by atoms with van der Waals surface area (Å²) in [5.41, 5.74) is -0.0236. The molecule has 7 heteroatoms. The molecule has 1 aliphatic carbocycles. The van der Waals surface area contributed by atoms with E-state index in [9.17, 15) is 14.0 Å². The molecule has 1 fully saturated rings. The Morgan fingerprint density at radius 3 is 2.60 bits per heavy atom. The first-order chi connectivity index (χ1) is 12.0. The molecule has 1 aromatic rings. The van der Waals surface area contributed by atoms with E-state index in [2.05, 4.69) is 10.3 Å². The molecule has 1 heterocycles. The molecule has 1 saturated carbocycles. The topological polar surface area (TPSA) is 88.5 Å². The lowest BCUT2D eigenvalue weighted by molar-refractivity contribution is -0.143. The lowest BCUT2D eigenvalue weighted by atomic mass is 9.80. The monoisotopic (exact) mass is 352 g/mol. The van der Waals surface area contributed by atoms with Crippen molar-refractivity contribution < 1.29 is 23.8 Å². The standard InChI is InChI=1S/C18H25FN2O4/c1-2-25-16(22)10-7-12-3-5-13(6-4-12)11-20-17-14(18(23)24)8-9-15(19)21-17/h8-9,12-13H,2-7,10-11H2,1H3,(H,20,21)(H,23,24). The van der Waals surface area contributed by atoms with E-state index in [-0.39, 0.29) is 17.4 Å². The highest BCUT2D eigenvalue weighted by Crippen LogP contribution is 2.32. The molecule has 0 spiro atoms. The van der Waals surface area contributed by atoms with Crippen LogP contribution in [0.1, 0.15) is 55.8 Å². The number of carbonyl (C=O) groups excluding carboxylic acids is 1. The normalized spacial score (nSPS) is 20.1. The van der Waals surface area contributed by atoms with Gasteiger partial charge in [-0.3, -0.25) is 4.79 Å². The van der Waals surface area contributed by atoms with Crippen LogP contribution in [0.15, 0.2) is 12.1 Å². The van der Waals surface area contributed by atoms with E-state index in [1.165, 1.54) is 6.07 Å². The minimum absolute atomic E-state index is 0.0236. The van der Waals surface area contributed by atoms with E-state index in [0.717, 1.165) is 38.2 Å². The zero-order chi connectivity index (χ0) is 18.2. The van der Waals surface area contributed by atoms with E-state index >= 15 is 0 Å².